The molecule has 0 aliphatic rings. The molecular weight excluding hydrogens is 304 g/mol. The van der Waals surface area contributed by atoms with Gasteiger partial charge in [-0.15, -0.1) is 0 Å². The van der Waals surface area contributed by atoms with Crippen molar-refractivity contribution < 1.29 is 0 Å². The minimum Gasteiger partial charge on any atom is -0.326 e. The molecule has 3 aromatic rings. The molecule has 0 atom stereocenters. The Kier molecular flexibility index (Phi) is 8.46. The topological polar surface area (TPSA) is 38.0 Å². The second-order valence-corrected chi connectivity index (χ2v) is 5.95. The molecule has 0 saturated heterocycles. The van der Waals surface area contributed by atoms with Gasteiger partial charge in [0.25, 0.3) is 0 Å². The first kappa shape index (κ1) is 18.9. The van der Waals surface area contributed by atoms with Crippen molar-refractivity contribution in [2.45, 2.75) is 33.0 Å². The van der Waals surface area contributed by atoms with Crippen molar-refractivity contribution in [1.82, 2.24) is 5.32 Å². The number of aryl methyl sites for hydroxylation is 1. The molecule has 0 saturated carbocycles. The van der Waals surface area contributed by atoms with E-state index in [-0.39, 0.29) is 0 Å². The molecule has 0 aliphatic heterocycles. The third-order valence-electron chi connectivity index (χ3n) is 3.98. The van der Waals surface area contributed by atoms with E-state index in [0.29, 0.717) is 6.54 Å². The molecule has 25 heavy (non-hydrogen) atoms. The number of hydrogen-bond acceptors (Lipinski definition) is 2. The largest absolute Gasteiger partial charge is 0.326 e. The summed E-state index contributed by atoms with van der Waals surface area (Å²) in [6.07, 6.45) is 1.10. The highest BCUT2D eigenvalue weighted by Crippen LogP contribution is 2.06. The van der Waals surface area contributed by atoms with Crippen LogP contribution in [0.5, 0.6) is 0 Å². The van der Waals surface area contributed by atoms with Crippen LogP contribution in [0.4, 0.5) is 0 Å². The zero-order chi connectivity index (χ0) is 17.7. The van der Waals surface area contributed by atoms with Crippen LogP contribution in [0.15, 0.2) is 84.9 Å². The second-order valence-electron chi connectivity index (χ2n) is 5.95. The van der Waals surface area contributed by atoms with E-state index < -0.39 is 0 Å². The van der Waals surface area contributed by atoms with Crippen molar-refractivity contribution >= 4 is 0 Å². The lowest BCUT2D eigenvalue weighted by atomic mass is 10.1. The van der Waals surface area contributed by atoms with Gasteiger partial charge in [-0.25, -0.2) is 0 Å². The summed E-state index contributed by atoms with van der Waals surface area (Å²) in [7, 11) is 0. The monoisotopic (exact) mass is 332 g/mol. The van der Waals surface area contributed by atoms with Crippen LogP contribution in [0.2, 0.25) is 0 Å². The number of nitrogens with one attached hydrogen (secondary N) is 1. The summed E-state index contributed by atoms with van der Waals surface area (Å²) >= 11 is 0. The number of nitrogens with two attached hydrogens (primary N) is 1. The molecule has 2 nitrogen and oxygen atoms in total. The summed E-state index contributed by atoms with van der Waals surface area (Å²) in [6, 6.07) is 29.3. The molecule has 0 aliphatic carbocycles. The first-order valence-corrected chi connectivity index (χ1v) is 8.88. The van der Waals surface area contributed by atoms with Gasteiger partial charge in [0, 0.05) is 19.6 Å². The lowest BCUT2D eigenvalue weighted by molar-refractivity contribution is 0.693. The minimum absolute atomic E-state index is 0.640. The molecule has 0 radical (unpaired) electrons. The van der Waals surface area contributed by atoms with Crippen molar-refractivity contribution in [3.8, 4) is 0 Å². The summed E-state index contributed by atoms with van der Waals surface area (Å²) in [5.74, 6) is 0. The standard InChI is InChI=1S/C16H19N.C7H9N/c1-2-14-9-6-10-16(11-14)13-17-12-15-7-4-3-5-8-15;8-6-7-4-2-1-3-5-7/h3-11,17H,2,12-13H2,1H3;1-5H,6,8H2. The molecule has 0 aromatic heterocycles. The van der Waals surface area contributed by atoms with E-state index in [1.165, 1.54) is 22.3 Å². The summed E-state index contributed by atoms with van der Waals surface area (Å²) < 4.78 is 0. The smallest absolute Gasteiger partial charge is 0.0208 e. The Morgan fingerprint density at radius 1 is 0.640 bits per heavy atom. The third kappa shape index (κ3) is 7.34. The molecule has 0 amide bonds. The Hall–Kier alpha value is -2.42. The maximum atomic E-state index is 5.35. The van der Waals surface area contributed by atoms with Crippen molar-refractivity contribution in [2.24, 2.45) is 5.73 Å². The van der Waals surface area contributed by atoms with Crippen LogP contribution in [0.25, 0.3) is 0 Å². The number of rotatable bonds is 6. The molecule has 0 spiro atoms. The van der Waals surface area contributed by atoms with Crippen LogP contribution >= 0.6 is 0 Å². The predicted octanol–water partition coefficient (Wildman–Crippen LogP) is 4.68. The highest BCUT2D eigenvalue weighted by atomic mass is 14.8. The average molecular weight is 332 g/mol. The zero-order valence-electron chi connectivity index (χ0n) is 15.0. The Bertz CT molecular complexity index is 708. The Balaban J connectivity index is 0.000000236. The van der Waals surface area contributed by atoms with Gasteiger partial charge in [0.15, 0.2) is 0 Å². The van der Waals surface area contributed by atoms with Crippen LogP contribution in [0.1, 0.15) is 29.2 Å². The van der Waals surface area contributed by atoms with E-state index >= 15 is 0 Å². The van der Waals surface area contributed by atoms with Gasteiger partial charge in [-0.3, -0.25) is 0 Å². The van der Waals surface area contributed by atoms with Gasteiger partial charge >= 0.3 is 0 Å². The molecule has 130 valence electrons. The lowest BCUT2D eigenvalue weighted by Gasteiger charge is -2.06. The van der Waals surface area contributed by atoms with Crippen molar-refractivity contribution in [3.05, 3.63) is 107 Å². The second kappa shape index (κ2) is 11.2. The predicted molar refractivity (Wildman–Crippen MR) is 107 cm³/mol. The molecule has 0 heterocycles. The first-order chi connectivity index (χ1) is 12.3. The summed E-state index contributed by atoms with van der Waals surface area (Å²) in [6.45, 7) is 4.69. The quantitative estimate of drug-likeness (QED) is 0.687. The molecular formula is C23H28N2. The van der Waals surface area contributed by atoms with Crippen LogP contribution in [0, 0.1) is 0 Å². The zero-order valence-corrected chi connectivity index (χ0v) is 15.0. The Morgan fingerprint density at radius 3 is 1.72 bits per heavy atom. The van der Waals surface area contributed by atoms with E-state index in [2.05, 4.69) is 60.8 Å². The normalized spacial score (nSPS) is 10.0. The third-order valence-corrected chi connectivity index (χ3v) is 3.98. The van der Waals surface area contributed by atoms with E-state index in [9.17, 15) is 0 Å². The SMILES string of the molecule is CCc1cccc(CNCc2ccccc2)c1.NCc1ccccc1. The maximum absolute atomic E-state index is 5.35. The highest BCUT2D eigenvalue weighted by Gasteiger charge is 1.95. The molecule has 3 N–H and O–H groups in total. The van der Waals surface area contributed by atoms with E-state index in [4.69, 9.17) is 5.73 Å². The molecule has 0 unspecified atom stereocenters. The van der Waals surface area contributed by atoms with Gasteiger partial charge in [-0.2, -0.15) is 0 Å². The summed E-state index contributed by atoms with van der Waals surface area (Å²) in [5, 5.41) is 3.47. The number of benzene rings is 3. The minimum atomic E-state index is 0.640. The molecule has 2 heteroatoms. The molecule has 0 fully saturated rings. The van der Waals surface area contributed by atoms with Gasteiger partial charge < -0.3 is 11.1 Å². The van der Waals surface area contributed by atoms with Gasteiger partial charge in [0.2, 0.25) is 0 Å². The van der Waals surface area contributed by atoms with E-state index in [0.717, 1.165) is 19.5 Å². The first-order valence-electron chi connectivity index (χ1n) is 8.88. The number of hydrogen-bond donors (Lipinski definition) is 2. The van der Waals surface area contributed by atoms with Crippen LogP contribution in [-0.4, -0.2) is 0 Å². The van der Waals surface area contributed by atoms with Gasteiger partial charge in [-0.05, 0) is 28.7 Å². The average Bonchev–Trinajstić information content (AvgIpc) is 2.70. The fourth-order valence-electron chi connectivity index (χ4n) is 2.52. The fraction of sp³-hybridized carbons (Fsp3) is 0.217. The van der Waals surface area contributed by atoms with Crippen LogP contribution in [-0.2, 0) is 26.1 Å². The maximum Gasteiger partial charge on any atom is 0.0208 e. The van der Waals surface area contributed by atoms with Gasteiger partial charge in [-0.1, -0.05) is 91.9 Å². The molecule has 3 aromatic carbocycles. The van der Waals surface area contributed by atoms with E-state index in [1.54, 1.807) is 0 Å². The summed E-state index contributed by atoms with van der Waals surface area (Å²) in [5.41, 5.74) is 10.6. The molecule has 3 rings (SSSR count). The summed E-state index contributed by atoms with van der Waals surface area (Å²) in [4.78, 5) is 0. The van der Waals surface area contributed by atoms with Crippen molar-refractivity contribution in [1.29, 1.82) is 0 Å². The van der Waals surface area contributed by atoms with Crippen LogP contribution < -0.4 is 11.1 Å². The molecule has 0 bridgehead atoms. The highest BCUT2D eigenvalue weighted by molar-refractivity contribution is 5.23. The Labute approximate surface area is 151 Å². The van der Waals surface area contributed by atoms with Gasteiger partial charge in [0.05, 0.1) is 0 Å². The van der Waals surface area contributed by atoms with Crippen molar-refractivity contribution in [3.63, 3.8) is 0 Å². The van der Waals surface area contributed by atoms with E-state index in [1.807, 2.05) is 36.4 Å². The fourth-order valence-corrected chi connectivity index (χ4v) is 2.52. The van der Waals surface area contributed by atoms with Crippen molar-refractivity contribution in [2.75, 3.05) is 0 Å². The lowest BCUT2D eigenvalue weighted by Crippen LogP contribution is -2.12. The van der Waals surface area contributed by atoms with Crippen LogP contribution in [0.3, 0.4) is 0 Å². The Morgan fingerprint density at radius 2 is 1.16 bits per heavy atom. The van der Waals surface area contributed by atoms with Gasteiger partial charge in [0.1, 0.15) is 0 Å².